The van der Waals surface area contributed by atoms with Gasteiger partial charge in [-0.2, -0.15) is 0 Å². The molecule has 0 fully saturated rings. The van der Waals surface area contributed by atoms with Crippen molar-refractivity contribution in [1.29, 1.82) is 0 Å². The van der Waals surface area contributed by atoms with Crippen LogP contribution in [0, 0.1) is 5.82 Å². The van der Waals surface area contributed by atoms with Crippen molar-refractivity contribution < 1.29 is 9.50 Å². The molecule has 0 spiro atoms. The van der Waals surface area contributed by atoms with Crippen molar-refractivity contribution in [3.63, 3.8) is 0 Å². The second-order valence-corrected chi connectivity index (χ2v) is 5.31. The lowest BCUT2D eigenvalue weighted by Gasteiger charge is -2.24. The van der Waals surface area contributed by atoms with Gasteiger partial charge in [0.15, 0.2) is 0 Å². The number of benzene rings is 1. The summed E-state index contributed by atoms with van der Waals surface area (Å²) >= 11 is 0. The highest BCUT2D eigenvalue weighted by atomic mass is 19.1. The fourth-order valence-corrected chi connectivity index (χ4v) is 2.10. The molecule has 5 nitrogen and oxygen atoms in total. The largest absolute Gasteiger partial charge is 0.387 e. The van der Waals surface area contributed by atoms with Crippen LogP contribution >= 0.6 is 0 Å². The minimum Gasteiger partial charge on any atom is -0.387 e. The van der Waals surface area contributed by atoms with Crippen LogP contribution in [-0.4, -0.2) is 53.7 Å². The fraction of sp³-hybridized carbons (Fsp3) is 0.375. The Morgan fingerprint density at radius 3 is 2.50 bits per heavy atom. The zero-order chi connectivity index (χ0) is 15.9. The van der Waals surface area contributed by atoms with Crippen LogP contribution < -0.4 is 4.90 Å². The monoisotopic (exact) mass is 304 g/mol. The van der Waals surface area contributed by atoms with Crippen molar-refractivity contribution in [1.82, 2.24) is 14.9 Å². The molecule has 1 N–H and O–H groups in total. The summed E-state index contributed by atoms with van der Waals surface area (Å²) in [6.07, 6.45) is 4.39. The van der Waals surface area contributed by atoms with Gasteiger partial charge in [-0.3, -0.25) is 4.98 Å². The Balaban J connectivity index is 1.80. The van der Waals surface area contributed by atoms with Crippen molar-refractivity contribution in [3.8, 4) is 0 Å². The van der Waals surface area contributed by atoms with Gasteiger partial charge in [-0.05, 0) is 24.7 Å². The highest BCUT2D eigenvalue weighted by molar-refractivity contribution is 5.33. The van der Waals surface area contributed by atoms with Crippen LogP contribution in [0.1, 0.15) is 11.7 Å². The standard InChI is InChI=1S/C16H21FN4O/c1-20(9-10-21(2)16-11-18-7-8-19-16)12-15(22)13-3-5-14(17)6-4-13/h3-8,11,15,22H,9-10,12H2,1-2H3. The summed E-state index contributed by atoms with van der Waals surface area (Å²) in [5.74, 6) is 0.518. The fourth-order valence-electron chi connectivity index (χ4n) is 2.10. The first-order valence-electron chi connectivity index (χ1n) is 7.15. The molecule has 0 saturated carbocycles. The number of nitrogens with zero attached hydrogens (tertiary/aromatic N) is 4. The number of aliphatic hydroxyl groups is 1. The zero-order valence-corrected chi connectivity index (χ0v) is 12.9. The van der Waals surface area contributed by atoms with Crippen LogP contribution in [0.3, 0.4) is 0 Å². The number of anilines is 1. The lowest BCUT2D eigenvalue weighted by Crippen LogP contribution is -2.33. The van der Waals surface area contributed by atoms with Crippen LogP contribution in [0.2, 0.25) is 0 Å². The van der Waals surface area contributed by atoms with Gasteiger partial charge in [-0.1, -0.05) is 12.1 Å². The van der Waals surface area contributed by atoms with Crippen molar-refractivity contribution in [2.45, 2.75) is 6.10 Å². The van der Waals surface area contributed by atoms with Crippen LogP contribution in [0.25, 0.3) is 0 Å². The van der Waals surface area contributed by atoms with E-state index in [1.807, 2.05) is 23.9 Å². The smallest absolute Gasteiger partial charge is 0.146 e. The molecule has 1 heterocycles. The van der Waals surface area contributed by atoms with E-state index in [2.05, 4.69) is 9.97 Å². The number of halogens is 1. The van der Waals surface area contributed by atoms with Gasteiger partial charge in [0, 0.05) is 39.1 Å². The molecule has 22 heavy (non-hydrogen) atoms. The Hall–Kier alpha value is -2.05. The van der Waals surface area contributed by atoms with E-state index < -0.39 is 6.10 Å². The quantitative estimate of drug-likeness (QED) is 0.844. The van der Waals surface area contributed by atoms with E-state index in [1.54, 1.807) is 30.7 Å². The minimum absolute atomic E-state index is 0.296. The maximum absolute atomic E-state index is 12.9. The Labute approximate surface area is 130 Å². The Bertz CT molecular complexity index is 564. The SMILES string of the molecule is CN(CCN(C)c1cnccn1)CC(O)c1ccc(F)cc1. The van der Waals surface area contributed by atoms with E-state index in [0.717, 1.165) is 24.5 Å². The normalized spacial score (nSPS) is 12.4. The molecule has 2 rings (SSSR count). The molecular formula is C16H21FN4O. The van der Waals surface area contributed by atoms with Crippen LogP contribution in [0.5, 0.6) is 0 Å². The average molecular weight is 304 g/mol. The molecule has 1 aromatic carbocycles. The van der Waals surface area contributed by atoms with Gasteiger partial charge < -0.3 is 14.9 Å². The van der Waals surface area contributed by atoms with E-state index >= 15 is 0 Å². The summed E-state index contributed by atoms with van der Waals surface area (Å²) in [5.41, 5.74) is 0.718. The molecule has 1 unspecified atom stereocenters. The van der Waals surface area contributed by atoms with Crippen molar-refractivity contribution in [2.75, 3.05) is 38.6 Å². The van der Waals surface area contributed by atoms with Crippen LogP contribution in [0.4, 0.5) is 10.2 Å². The number of likely N-dealkylation sites (N-methyl/N-ethyl adjacent to an activating group) is 2. The zero-order valence-electron chi connectivity index (χ0n) is 12.9. The highest BCUT2D eigenvalue weighted by Crippen LogP contribution is 2.14. The molecule has 0 radical (unpaired) electrons. The molecular weight excluding hydrogens is 283 g/mol. The third kappa shape index (κ3) is 4.75. The summed E-state index contributed by atoms with van der Waals surface area (Å²) in [6, 6.07) is 5.94. The third-order valence-corrected chi connectivity index (χ3v) is 3.50. The Morgan fingerprint density at radius 2 is 1.86 bits per heavy atom. The molecule has 118 valence electrons. The van der Waals surface area contributed by atoms with Crippen molar-refractivity contribution in [3.05, 3.63) is 54.2 Å². The summed E-state index contributed by atoms with van der Waals surface area (Å²) in [4.78, 5) is 12.3. The lowest BCUT2D eigenvalue weighted by molar-refractivity contribution is 0.128. The number of aliphatic hydroxyl groups excluding tert-OH is 1. The Morgan fingerprint density at radius 1 is 1.14 bits per heavy atom. The summed E-state index contributed by atoms with van der Waals surface area (Å²) in [7, 11) is 3.89. The second kappa shape index (κ2) is 7.82. The molecule has 2 aromatic rings. The molecule has 0 bridgehead atoms. The number of hydrogen-bond acceptors (Lipinski definition) is 5. The van der Waals surface area contributed by atoms with Crippen LogP contribution in [-0.2, 0) is 0 Å². The van der Waals surface area contributed by atoms with Gasteiger partial charge in [0.1, 0.15) is 11.6 Å². The summed E-state index contributed by atoms with van der Waals surface area (Å²) in [5, 5.41) is 10.2. The lowest BCUT2D eigenvalue weighted by atomic mass is 10.1. The molecule has 0 aliphatic rings. The predicted octanol–water partition coefficient (Wildman–Crippen LogP) is 1.72. The van der Waals surface area contributed by atoms with E-state index in [-0.39, 0.29) is 5.82 Å². The van der Waals surface area contributed by atoms with Gasteiger partial charge in [0.2, 0.25) is 0 Å². The van der Waals surface area contributed by atoms with E-state index in [1.165, 1.54) is 12.1 Å². The predicted molar refractivity (Wildman–Crippen MR) is 84.2 cm³/mol. The second-order valence-electron chi connectivity index (χ2n) is 5.31. The average Bonchev–Trinajstić information content (AvgIpc) is 2.54. The molecule has 1 aromatic heterocycles. The molecule has 0 amide bonds. The number of aromatic nitrogens is 2. The number of rotatable bonds is 7. The molecule has 0 saturated heterocycles. The van der Waals surface area contributed by atoms with Crippen LogP contribution in [0.15, 0.2) is 42.9 Å². The maximum Gasteiger partial charge on any atom is 0.146 e. The number of hydrogen-bond donors (Lipinski definition) is 1. The molecule has 1 atom stereocenters. The molecule has 6 heteroatoms. The first kappa shape index (κ1) is 16.3. The maximum atomic E-state index is 12.9. The first-order chi connectivity index (χ1) is 10.6. The van der Waals surface area contributed by atoms with Gasteiger partial charge >= 0.3 is 0 Å². The van der Waals surface area contributed by atoms with E-state index in [0.29, 0.717) is 6.54 Å². The summed E-state index contributed by atoms with van der Waals surface area (Å²) < 4.78 is 12.9. The molecule has 0 aliphatic heterocycles. The van der Waals surface area contributed by atoms with Gasteiger partial charge in [0.25, 0.3) is 0 Å². The van der Waals surface area contributed by atoms with Crippen molar-refractivity contribution >= 4 is 5.82 Å². The van der Waals surface area contributed by atoms with E-state index in [4.69, 9.17) is 0 Å². The highest BCUT2D eigenvalue weighted by Gasteiger charge is 2.11. The van der Waals surface area contributed by atoms with Gasteiger partial charge in [-0.15, -0.1) is 0 Å². The van der Waals surface area contributed by atoms with Gasteiger partial charge in [-0.25, -0.2) is 9.37 Å². The van der Waals surface area contributed by atoms with Gasteiger partial charge in [0.05, 0.1) is 12.3 Å². The van der Waals surface area contributed by atoms with E-state index in [9.17, 15) is 9.50 Å². The topological polar surface area (TPSA) is 52.5 Å². The first-order valence-corrected chi connectivity index (χ1v) is 7.15. The summed E-state index contributed by atoms with van der Waals surface area (Å²) in [6.45, 7) is 2.02. The minimum atomic E-state index is -0.632. The third-order valence-electron chi connectivity index (χ3n) is 3.50. The van der Waals surface area contributed by atoms with Crippen molar-refractivity contribution in [2.24, 2.45) is 0 Å². The molecule has 0 aliphatic carbocycles. The Kier molecular flexibility index (Phi) is 5.80.